The van der Waals surface area contributed by atoms with Crippen molar-refractivity contribution >= 4 is 0 Å². The number of aromatic hydroxyl groups is 1. The zero-order valence-electron chi connectivity index (χ0n) is 6.81. The minimum absolute atomic E-state index is 0.0194. The molecule has 0 aliphatic heterocycles. The molecule has 0 radical (unpaired) electrons. The molecular weight excluding hydrogens is 156 g/mol. The van der Waals surface area contributed by atoms with Gasteiger partial charge in [0.2, 0.25) is 0 Å². The molecule has 66 valence electrons. The van der Waals surface area contributed by atoms with E-state index in [0.29, 0.717) is 5.69 Å². The van der Waals surface area contributed by atoms with Crippen molar-refractivity contribution in [3.05, 3.63) is 24.0 Å². The molecule has 0 unspecified atom stereocenters. The van der Waals surface area contributed by atoms with Gasteiger partial charge in [0.15, 0.2) is 0 Å². The van der Waals surface area contributed by atoms with Crippen LogP contribution in [-0.4, -0.2) is 21.3 Å². The molecule has 0 bridgehead atoms. The Morgan fingerprint density at radius 2 is 2.25 bits per heavy atom. The molecule has 0 saturated heterocycles. The zero-order chi connectivity index (χ0) is 9.14. The fourth-order valence-electron chi connectivity index (χ4n) is 0.894. The molecule has 4 nitrogen and oxygen atoms in total. The van der Waals surface area contributed by atoms with Gasteiger partial charge in [-0.15, -0.1) is 0 Å². The van der Waals surface area contributed by atoms with Gasteiger partial charge in [0, 0.05) is 6.20 Å². The van der Waals surface area contributed by atoms with E-state index in [1.165, 1.54) is 12.3 Å². The standard InChI is InChI=1S/C8H12N2O2/c1-5(11)7(9)8-6(12)3-2-4-10-8/h2-5,7,11-12H,9H2,1H3/t5-,7+/m1/s1. The van der Waals surface area contributed by atoms with Crippen LogP contribution in [0.3, 0.4) is 0 Å². The van der Waals surface area contributed by atoms with Crippen LogP contribution in [0.4, 0.5) is 0 Å². The lowest BCUT2D eigenvalue weighted by atomic mass is 10.1. The molecule has 1 rings (SSSR count). The number of aromatic nitrogens is 1. The molecule has 0 aliphatic rings. The minimum atomic E-state index is -0.717. The lowest BCUT2D eigenvalue weighted by molar-refractivity contribution is 0.161. The Hall–Kier alpha value is -1.13. The summed E-state index contributed by atoms with van der Waals surface area (Å²) in [4.78, 5) is 3.86. The van der Waals surface area contributed by atoms with Gasteiger partial charge in [0.25, 0.3) is 0 Å². The van der Waals surface area contributed by atoms with Gasteiger partial charge in [0.05, 0.1) is 12.1 Å². The van der Waals surface area contributed by atoms with Crippen LogP contribution < -0.4 is 5.73 Å². The fraction of sp³-hybridized carbons (Fsp3) is 0.375. The summed E-state index contributed by atoms with van der Waals surface area (Å²) in [7, 11) is 0. The van der Waals surface area contributed by atoms with E-state index in [0.717, 1.165) is 0 Å². The molecule has 1 heterocycles. The largest absolute Gasteiger partial charge is 0.506 e. The van der Waals surface area contributed by atoms with Gasteiger partial charge in [-0.1, -0.05) is 0 Å². The van der Waals surface area contributed by atoms with Gasteiger partial charge in [-0.05, 0) is 19.1 Å². The van der Waals surface area contributed by atoms with Gasteiger partial charge in [-0.25, -0.2) is 0 Å². The molecule has 0 spiro atoms. The van der Waals surface area contributed by atoms with Crippen molar-refractivity contribution < 1.29 is 10.2 Å². The van der Waals surface area contributed by atoms with E-state index >= 15 is 0 Å². The lowest BCUT2D eigenvalue weighted by Gasteiger charge is -2.14. The van der Waals surface area contributed by atoms with Gasteiger partial charge >= 0.3 is 0 Å². The van der Waals surface area contributed by atoms with Crippen molar-refractivity contribution in [2.24, 2.45) is 5.73 Å². The molecule has 1 aromatic rings. The molecule has 2 atom stereocenters. The van der Waals surface area contributed by atoms with Crippen LogP contribution in [0.1, 0.15) is 18.7 Å². The Labute approximate surface area is 70.7 Å². The zero-order valence-corrected chi connectivity index (χ0v) is 6.81. The molecule has 4 N–H and O–H groups in total. The monoisotopic (exact) mass is 168 g/mol. The summed E-state index contributed by atoms with van der Waals surface area (Å²) in [6.07, 6.45) is 0.808. The maximum Gasteiger partial charge on any atom is 0.138 e. The Kier molecular flexibility index (Phi) is 2.62. The van der Waals surface area contributed by atoms with Gasteiger partial charge in [-0.3, -0.25) is 4.98 Å². The van der Waals surface area contributed by atoms with Crippen LogP contribution in [-0.2, 0) is 0 Å². The van der Waals surface area contributed by atoms with Crippen LogP contribution in [0.2, 0.25) is 0 Å². The highest BCUT2D eigenvalue weighted by Crippen LogP contribution is 2.20. The van der Waals surface area contributed by atoms with Crippen molar-refractivity contribution in [3.8, 4) is 5.75 Å². The average molecular weight is 168 g/mol. The van der Waals surface area contributed by atoms with Crippen LogP contribution in [0.15, 0.2) is 18.3 Å². The van der Waals surface area contributed by atoms with Gasteiger partial charge < -0.3 is 15.9 Å². The number of hydrogen-bond donors (Lipinski definition) is 3. The average Bonchev–Trinajstić information content (AvgIpc) is 2.04. The Bertz CT molecular complexity index is 263. The number of rotatable bonds is 2. The summed E-state index contributed by atoms with van der Waals surface area (Å²) in [5.74, 6) is 0.0194. The molecule has 1 aromatic heterocycles. The molecule has 0 saturated carbocycles. The first-order valence-electron chi connectivity index (χ1n) is 3.70. The summed E-state index contributed by atoms with van der Waals surface area (Å²) in [6, 6.07) is 2.46. The predicted molar refractivity (Wildman–Crippen MR) is 44.5 cm³/mol. The Morgan fingerprint density at radius 3 is 2.75 bits per heavy atom. The number of nitrogens with two attached hydrogens (primary N) is 1. The molecule has 4 heteroatoms. The van der Waals surface area contributed by atoms with Crippen molar-refractivity contribution in [3.63, 3.8) is 0 Å². The van der Waals surface area contributed by atoms with Crippen molar-refractivity contribution in [1.82, 2.24) is 4.98 Å². The SMILES string of the molecule is C[C@@H](O)[C@H](N)c1ncccc1O. The van der Waals surface area contributed by atoms with E-state index < -0.39 is 12.1 Å². The number of pyridine rings is 1. The highest BCUT2D eigenvalue weighted by molar-refractivity contribution is 5.28. The Morgan fingerprint density at radius 1 is 1.58 bits per heavy atom. The number of aliphatic hydroxyl groups excluding tert-OH is 1. The lowest BCUT2D eigenvalue weighted by Crippen LogP contribution is -2.24. The fourth-order valence-corrected chi connectivity index (χ4v) is 0.894. The van der Waals surface area contributed by atoms with E-state index in [9.17, 15) is 5.11 Å². The van der Waals surface area contributed by atoms with Crippen LogP contribution in [0.25, 0.3) is 0 Å². The summed E-state index contributed by atoms with van der Waals surface area (Å²) < 4.78 is 0. The molecule has 0 aromatic carbocycles. The van der Waals surface area contributed by atoms with E-state index in [1.807, 2.05) is 0 Å². The predicted octanol–water partition coefficient (Wildman–Crippen LogP) is 0.168. The van der Waals surface area contributed by atoms with Gasteiger partial charge in [-0.2, -0.15) is 0 Å². The number of hydrogen-bond acceptors (Lipinski definition) is 4. The van der Waals surface area contributed by atoms with Gasteiger partial charge in [0.1, 0.15) is 11.4 Å². The minimum Gasteiger partial charge on any atom is -0.506 e. The molecule has 0 amide bonds. The Balaban J connectivity index is 2.94. The van der Waals surface area contributed by atoms with Crippen LogP contribution >= 0.6 is 0 Å². The van der Waals surface area contributed by atoms with E-state index in [1.54, 1.807) is 13.0 Å². The normalized spacial score (nSPS) is 15.6. The first-order chi connectivity index (χ1) is 5.63. The topological polar surface area (TPSA) is 79.4 Å². The van der Waals surface area contributed by atoms with Crippen molar-refractivity contribution in [2.75, 3.05) is 0 Å². The second-order valence-corrected chi connectivity index (χ2v) is 2.67. The third-order valence-electron chi connectivity index (χ3n) is 1.65. The van der Waals surface area contributed by atoms with Crippen molar-refractivity contribution in [1.29, 1.82) is 0 Å². The highest BCUT2D eigenvalue weighted by Gasteiger charge is 2.16. The summed E-state index contributed by atoms with van der Waals surface area (Å²) >= 11 is 0. The first-order valence-corrected chi connectivity index (χ1v) is 3.70. The smallest absolute Gasteiger partial charge is 0.138 e. The van der Waals surface area contributed by atoms with E-state index in [-0.39, 0.29) is 5.75 Å². The molecular formula is C8H12N2O2. The second kappa shape index (κ2) is 3.51. The van der Waals surface area contributed by atoms with Crippen molar-refractivity contribution in [2.45, 2.75) is 19.1 Å². The van der Waals surface area contributed by atoms with Crippen LogP contribution in [0, 0.1) is 0 Å². The second-order valence-electron chi connectivity index (χ2n) is 2.67. The number of nitrogens with zero attached hydrogens (tertiary/aromatic N) is 1. The summed E-state index contributed by atoms with van der Waals surface area (Å²) in [6.45, 7) is 1.55. The van der Waals surface area contributed by atoms with Crippen LogP contribution in [0.5, 0.6) is 5.75 Å². The number of aliphatic hydroxyl groups is 1. The third kappa shape index (κ3) is 1.72. The highest BCUT2D eigenvalue weighted by atomic mass is 16.3. The summed E-state index contributed by atoms with van der Waals surface area (Å²) in [5, 5.41) is 18.4. The van der Waals surface area contributed by atoms with E-state index in [4.69, 9.17) is 10.8 Å². The summed E-state index contributed by atoms with van der Waals surface area (Å²) in [5.41, 5.74) is 5.89. The molecule has 12 heavy (non-hydrogen) atoms. The quantitative estimate of drug-likeness (QED) is 0.588. The first kappa shape index (κ1) is 8.96. The molecule has 0 aliphatic carbocycles. The van der Waals surface area contributed by atoms with E-state index in [2.05, 4.69) is 4.98 Å². The maximum absolute atomic E-state index is 9.28. The third-order valence-corrected chi connectivity index (χ3v) is 1.65. The maximum atomic E-state index is 9.28. The molecule has 0 fully saturated rings.